The van der Waals surface area contributed by atoms with Crippen LogP contribution in [-0.4, -0.2) is 33.8 Å². The first-order valence-electron chi connectivity index (χ1n) is 9.08. The lowest BCUT2D eigenvalue weighted by Gasteiger charge is -2.12. The number of benzene rings is 2. The minimum atomic E-state index is -3.96. The first kappa shape index (κ1) is 22.4. The minimum Gasteiger partial charge on any atom is -0.493 e. The number of rotatable bonds is 10. The molecule has 2 aromatic rings. The van der Waals surface area contributed by atoms with E-state index in [9.17, 15) is 13.2 Å². The number of unbranched alkanes of at least 4 members (excludes halogenated alkanes) is 1. The third-order valence-corrected chi connectivity index (χ3v) is 6.28. The predicted molar refractivity (Wildman–Crippen MR) is 109 cm³/mol. The molecule has 0 bridgehead atoms. The Labute approximate surface area is 170 Å². The Morgan fingerprint density at radius 3 is 2.34 bits per heavy atom. The molecule has 0 aliphatic heterocycles. The van der Waals surface area contributed by atoms with Gasteiger partial charge in [0.25, 0.3) is 5.91 Å². The number of amides is 1. The molecular formula is C21H25NO6S. The standard InChI is InChI=1S/C21H25NO6S/c1-27-19-13-12-18(14-20(19)28-2)29(25,26)17(15-21(23)22-24)11-7-6-10-16-8-4-3-5-9-16/h3-5,8-9,12-15,24H,6-7,10-11H2,1-2H3,(H,22,23)/b17-15-. The molecule has 2 N–H and O–H groups in total. The molecule has 7 nitrogen and oxygen atoms in total. The Kier molecular flexibility index (Phi) is 8.23. The van der Waals surface area contributed by atoms with E-state index in [0.717, 1.165) is 24.5 Å². The Morgan fingerprint density at radius 2 is 1.72 bits per heavy atom. The van der Waals surface area contributed by atoms with Crippen molar-refractivity contribution in [3.63, 3.8) is 0 Å². The van der Waals surface area contributed by atoms with Crippen molar-refractivity contribution in [3.05, 3.63) is 65.1 Å². The number of aryl methyl sites for hydroxylation is 1. The lowest BCUT2D eigenvalue weighted by Crippen LogP contribution is -2.18. The quantitative estimate of drug-likeness (QED) is 0.265. The SMILES string of the molecule is COc1ccc(S(=O)(=O)/C(=C\C(=O)NO)CCCCc2ccccc2)cc1OC. The number of hydrogen-bond donors (Lipinski definition) is 2. The zero-order valence-electron chi connectivity index (χ0n) is 16.4. The van der Waals surface area contributed by atoms with Gasteiger partial charge in [-0.25, -0.2) is 13.9 Å². The molecule has 0 saturated heterocycles. The number of sulfone groups is 1. The molecule has 2 aromatic carbocycles. The number of ether oxygens (including phenoxy) is 2. The van der Waals surface area contributed by atoms with Crippen molar-refractivity contribution in [3.8, 4) is 11.5 Å². The van der Waals surface area contributed by atoms with Gasteiger partial charge in [0.2, 0.25) is 9.84 Å². The van der Waals surface area contributed by atoms with Crippen molar-refractivity contribution in [1.29, 1.82) is 0 Å². The Hall–Kier alpha value is -2.84. The fourth-order valence-corrected chi connectivity index (χ4v) is 4.36. The molecule has 0 radical (unpaired) electrons. The second-order valence-electron chi connectivity index (χ2n) is 6.30. The van der Waals surface area contributed by atoms with Gasteiger partial charge in [0.15, 0.2) is 11.5 Å². The monoisotopic (exact) mass is 419 g/mol. The number of methoxy groups -OCH3 is 2. The Bertz CT molecular complexity index is 954. The summed E-state index contributed by atoms with van der Waals surface area (Å²) >= 11 is 0. The summed E-state index contributed by atoms with van der Waals surface area (Å²) in [4.78, 5) is 11.5. The van der Waals surface area contributed by atoms with Crippen LogP contribution in [-0.2, 0) is 21.1 Å². The third-order valence-electron chi connectivity index (χ3n) is 4.39. The molecule has 29 heavy (non-hydrogen) atoms. The van der Waals surface area contributed by atoms with E-state index >= 15 is 0 Å². The lowest BCUT2D eigenvalue weighted by molar-refractivity contribution is -0.124. The molecule has 0 heterocycles. The number of nitrogens with one attached hydrogen (secondary N) is 1. The fraction of sp³-hybridized carbons (Fsp3) is 0.286. The van der Waals surface area contributed by atoms with Gasteiger partial charge in [0.05, 0.1) is 24.0 Å². The highest BCUT2D eigenvalue weighted by Gasteiger charge is 2.23. The average Bonchev–Trinajstić information content (AvgIpc) is 2.75. The maximum Gasteiger partial charge on any atom is 0.268 e. The van der Waals surface area contributed by atoms with E-state index in [4.69, 9.17) is 14.7 Å². The van der Waals surface area contributed by atoms with Crippen molar-refractivity contribution in [1.82, 2.24) is 5.48 Å². The number of carbonyl (C=O) groups excluding carboxylic acids is 1. The summed E-state index contributed by atoms with van der Waals surface area (Å²) in [5.41, 5.74) is 2.61. The maximum atomic E-state index is 13.1. The van der Waals surface area contributed by atoms with Crippen molar-refractivity contribution < 1.29 is 27.9 Å². The van der Waals surface area contributed by atoms with Crippen LogP contribution in [0.5, 0.6) is 11.5 Å². The van der Waals surface area contributed by atoms with Gasteiger partial charge in [-0.05, 0) is 43.4 Å². The fourth-order valence-electron chi connectivity index (χ4n) is 2.87. The predicted octanol–water partition coefficient (Wildman–Crippen LogP) is 3.28. The smallest absolute Gasteiger partial charge is 0.268 e. The summed E-state index contributed by atoms with van der Waals surface area (Å²) in [7, 11) is -1.09. The average molecular weight is 419 g/mol. The van der Waals surface area contributed by atoms with Gasteiger partial charge in [-0.15, -0.1) is 0 Å². The van der Waals surface area contributed by atoms with Gasteiger partial charge in [-0.1, -0.05) is 30.3 Å². The van der Waals surface area contributed by atoms with Gasteiger partial charge in [0.1, 0.15) is 0 Å². The number of hydrogen-bond acceptors (Lipinski definition) is 6. The van der Waals surface area contributed by atoms with Crippen molar-refractivity contribution >= 4 is 15.7 Å². The first-order valence-corrected chi connectivity index (χ1v) is 10.6. The van der Waals surface area contributed by atoms with E-state index in [1.807, 2.05) is 30.3 Å². The van der Waals surface area contributed by atoms with Crippen molar-refractivity contribution in [2.75, 3.05) is 14.2 Å². The maximum absolute atomic E-state index is 13.1. The zero-order chi connectivity index (χ0) is 21.3. The summed E-state index contributed by atoms with van der Waals surface area (Å²) in [6, 6.07) is 14.1. The molecular weight excluding hydrogens is 394 g/mol. The lowest BCUT2D eigenvalue weighted by atomic mass is 10.1. The van der Waals surface area contributed by atoms with E-state index in [2.05, 4.69) is 0 Å². The van der Waals surface area contributed by atoms with Crippen LogP contribution in [0.25, 0.3) is 0 Å². The highest BCUT2D eigenvalue weighted by molar-refractivity contribution is 7.95. The Balaban J connectivity index is 2.21. The van der Waals surface area contributed by atoms with E-state index in [0.29, 0.717) is 12.2 Å². The van der Waals surface area contributed by atoms with E-state index in [-0.39, 0.29) is 22.0 Å². The number of hydroxylamine groups is 1. The van der Waals surface area contributed by atoms with E-state index in [1.165, 1.54) is 37.9 Å². The van der Waals surface area contributed by atoms with Crippen LogP contribution < -0.4 is 15.0 Å². The van der Waals surface area contributed by atoms with Gasteiger partial charge >= 0.3 is 0 Å². The molecule has 0 aromatic heterocycles. The van der Waals surface area contributed by atoms with E-state index in [1.54, 1.807) is 0 Å². The highest BCUT2D eigenvalue weighted by atomic mass is 32.2. The molecule has 156 valence electrons. The zero-order valence-corrected chi connectivity index (χ0v) is 17.2. The summed E-state index contributed by atoms with van der Waals surface area (Å²) in [6.45, 7) is 0. The van der Waals surface area contributed by atoms with Gasteiger partial charge < -0.3 is 9.47 Å². The minimum absolute atomic E-state index is 0.0183. The number of allylic oxidation sites excluding steroid dienone is 1. The van der Waals surface area contributed by atoms with Crippen LogP contribution in [0.2, 0.25) is 0 Å². The van der Waals surface area contributed by atoms with Gasteiger partial charge in [-0.2, -0.15) is 0 Å². The van der Waals surface area contributed by atoms with Crippen LogP contribution in [0.1, 0.15) is 24.8 Å². The molecule has 0 aliphatic rings. The topological polar surface area (TPSA) is 102 Å². The molecule has 0 atom stereocenters. The van der Waals surface area contributed by atoms with Crippen LogP contribution in [0.15, 0.2) is 64.4 Å². The molecule has 0 aliphatic carbocycles. The van der Waals surface area contributed by atoms with Crippen LogP contribution >= 0.6 is 0 Å². The van der Waals surface area contributed by atoms with E-state index < -0.39 is 15.7 Å². The molecule has 0 saturated carbocycles. The van der Waals surface area contributed by atoms with Crippen molar-refractivity contribution in [2.45, 2.75) is 30.6 Å². The summed E-state index contributed by atoms with van der Waals surface area (Å²) in [5, 5.41) is 8.82. The van der Waals surface area contributed by atoms with Crippen LogP contribution in [0, 0.1) is 0 Å². The Morgan fingerprint density at radius 1 is 1.03 bits per heavy atom. The third kappa shape index (κ3) is 6.07. The summed E-state index contributed by atoms with van der Waals surface area (Å²) < 4.78 is 36.5. The molecule has 0 spiro atoms. The normalized spacial score (nSPS) is 11.8. The van der Waals surface area contributed by atoms with Gasteiger partial charge in [-0.3, -0.25) is 10.0 Å². The molecule has 1 amide bonds. The second-order valence-corrected chi connectivity index (χ2v) is 8.30. The summed E-state index contributed by atoms with van der Waals surface area (Å²) in [6.07, 6.45) is 3.19. The molecule has 0 fully saturated rings. The van der Waals surface area contributed by atoms with Crippen LogP contribution in [0.4, 0.5) is 0 Å². The molecule has 0 unspecified atom stereocenters. The first-order chi connectivity index (χ1) is 13.9. The molecule has 2 rings (SSSR count). The largest absolute Gasteiger partial charge is 0.493 e. The second kappa shape index (κ2) is 10.6. The summed E-state index contributed by atoms with van der Waals surface area (Å²) in [5.74, 6) is -0.233. The highest BCUT2D eigenvalue weighted by Crippen LogP contribution is 2.32. The van der Waals surface area contributed by atoms with Crippen LogP contribution in [0.3, 0.4) is 0 Å². The number of carbonyl (C=O) groups is 1. The van der Waals surface area contributed by atoms with Crippen molar-refractivity contribution in [2.24, 2.45) is 0 Å². The van der Waals surface area contributed by atoms with Gasteiger partial charge in [0, 0.05) is 12.1 Å². The molecule has 8 heteroatoms.